The van der Waals surface area contributed by atoms with Gasteiger partial charge in [0, 0.05) is 25.4 Å². The maximum atomic E-state index is 9.25. The number of aliphatic hydroxyl groups is 1. The van der Waals surface area contributed by atoms with Crippen molar-refractivity contribution < 1.29 is 5.11 Å². The number of hydrogen-bond donors (Lipinski definition) is 2. The summed E-state index contributed by atoms with van der Waals surface area (Å²) in [6.07, 6.45) is 4.97. The van der Waals surface area contributed by atoms with Crippen molar-refractivity contribution in [2.24, 2.45) is 11.7 Å². The number of piperidine rings is 1. The van der Waals surface area contributed by atoms with Crippen LogP contribution in [0.15, 0.2) is 43.0 Å². The monoisotopic (exact) mass is 260 g/mol. The predicted octanol–water partition coefficient (Wildman–Crippen LogP) is 1.77. The molecule has 0 saturated carbocycles. The molecule has 1 aliphatic heterocycles. The lowest BCUT2D eigenvalue weighted by molar-refractivity contribution is 0.00561. The van der Waals surface area contributed by atoms with Gasteiger partial charge in [-0.3, -0.25) is 4.90 Å². The first-order valence-electron chi connectivity index (χ1n) is 7.02. The molecule has 3 nitrogen and oxygen atoms in total. The molecule has 2 rings (SSSR count). The van der Waals surface area contributed by atoms with Gasteiger partial charge in [-0.05, 0) is 18.4 Å². The third kappa shape index (κ3) is 3.06. The average molecular weight is 260 g/mol. The largest absolute Gasteiger partial charge is 0.395 e. The summed E-state index contributed by atoms with van der Waals surface area (Å²) >= 11 is 0. The van der Waals surface area contributed by atoms with Crippen LogP contribution < -0.4 is 5.73 Å². The Kier molecular flexibility index (Phi) is 4.75. The van der Waals surface area contributed by atoms with E-state index >= 15 is 0 Å². The van der Waals surface area contributed by atoms with E-state index in [2.05, 4.69) is 23.6 Å². The summed E-state index contributed by atoms with van der Waals surface area (Å²) < 4.78 is 0. The van der Waals surface area contributed by atoms with E-state index in [4.69, 9.17) is 5.73 Å². The normalized spacial score (nSPS) is 28.2. The Morgan fingerprint density at radius 3 is 2.79 bits per heavy atom. The van der Waals surface area contributed by atoms with Gasteiger partial charge >= 0.3 is 0 Å². The molecule has 0 amide bonds. The second kappa shape index (κ2) is 6.33. The summed E-state index contributed by atoms with van der Waals surface area (Å²) in [5.74, 6) is 0.271. The minimum atomic E-state index is -0.427. The first-order chi connectivity index (χ1) is 9.20. The van der Waals surface area contributed by atoms with Crippen LogP contribution in [0.3, 0.4) is 0 Å². The van der Waals surface area contributed by atoms with Crippen LogP contribution >= 0.6 is 0 Å². The number of nitrogens with zero attached hydrogens (tertiary/aromatic N) is 1. The number of nitrogens with two attached hydrogens (primary N) is 1. The summed E-state index contributed by atoms with van der Waals surface area (Å²) in [4.78, 5) is 2.22. The van der Waals surface area contributed by atoms with Crippen molar-refractivity contribution in [3.8, 4) is 0 Å². The molecule has 0 aromatic heterocycles. The summed E-state index contributed by atoms with van der Waals surface area (Å²) in [6, 6.07) is 10.3. The van der Waals surface area contributed by atoms with Gasteiger partial charge in [0.1, 0.15) is 0 Å². The molecule has 0 radical (unpaired) electrons. The van der Waals surface area contributed by atoms with Gasteiger partial charge in [-0.1, -0.05) is 36.4 Å². The van der Waals surface area contributed by atoms with E-state index in [1.165, 1.54) is 5.56 Å². The SMILES string of the molecule is C=CC1CCCN(CCO)C1(N)Cc1ccccc1. The van der Waals surface area contributed by atoms with Crippen molar-refractivity contribution in [1.82, 2.24) is 4.90 Å². The summed E-state index contributed by atoms with van der Waals surface area (Å²) in [5.41, 5.74) is 7.53. The molecular weight excluding hydrogens is 236 g/mol. The fourth-order valence-electron chi connectivity index (χ4n) is 3.12. The molecule has 2 atom stereocenters. The molecule has 0 spiro atoms. The first-order valence-corrected chi connectivity index (χ1v) is 7.02. The number of benzene rings is 1. The third-order valence-electron chi connectivity index (χ3n) is 4.16. The minimum absolute atomic E-state index is 0.150. The highest BCUT2D eigenvalue weighted by Crippen LogP contribution is 2.33. The summed E-state index contributed by atoms with van der Waals surface area (Å²) in [5, 5.41) is 9.25. The Bertz CT molecular complexity index is 404. The lowest BCUT2D eigenvalue weighted by atomic mass is 9.79. The van der Waals surface area contributed by atoms with E-state index in [0.29, 0.717) is 6.54 Å². The Morgan fingerprint density at radius 1 is 1.42 bits per heavy atom. The highest BCUT2D eigenvalue weighted by Gasteiger charge is 2.41. The molecule has 1 aromatic rings. The van der Waals surface area contributed by atoms with Gasteiger partial charge < -0.3 is 10.8 Å². The Labute approximate surface area is 115 Å². The van der Waals surface area contributed by atoms with Crippen LogP contribution in [0.4, 0.5) is 0 Å². The standard InChI is InChI=1S/C16H24N2O/c1-2-15-9-6-10-18(11-12-19)16(15,17)13-14-7-4-3-5-8-14/h2-5,7-8,15,19H,1,6,9-13,17H2. The molecule has 1 aliphatic rings. The van der Waals surface area contributed by atoms with Crippen LogP contribution in [0.5, 0.6) is 0 Å². The van der Waals surface area contributed by atoms with Gasteiger partial charge in [-0.2, -0.15) is 0 Å². The number of aliphatic hydroxyl groups excluding tert-OH is 1. The second-order valence-corrected chi connectivity index (χ2v) is 5.35. The first kappa shape index (κ1) is 14.3. The van der Waals surface area contributed by atoms with Gasteiger partial charge in [-0.15, -0.1) is 6.58 Å². The van der Waals surface area contributed by atoms with E-state index < -0.39 is 5.66 Å². The third-order valence-corrected chi connectivity index (χ3v) is 4.16. The molecule has 1 saturated heterocycles. The molecule has 0 aliphatic carbocycles. The van der Waals surface area contributed by atoms with E-state index in [9.17, 15) is 5.11 Å². The summed E-state index contributed by atoms with van der Waals surface area (Å²) in [7, 11) is 0. The van der Waals surface area contributed by atoms with Crippen molar-refractivity contribution in [3.63, 3.8) is 0 Å². The van der Waals surface area contributed by atoms with Crippen LogP contribution in [0.1, 0.15) is 18.4 Å². The Balaban J connectivity index is 2.24. The van der Waals surface area contributed by atoms with Crippen LogP contribution in [-0.4, -0.2) is 35.4 Å². The van der Waals surface area contributed by atoms with Crippen molar-refractivity contribution >= 4 is 0 Å². The van der Waals surface area contributed by atoms with Crippen LogP contribution in [-0.2, 0) is 6.42 Å². The molecule has 104 valence electrons. The van der Waals surface area contributed by atoms with Crippen LogP contribution in [0, 0.1) is 5.92 Å². The fraction of sp³-hybridized carbons (Fsp3) is 0.500. The van der Waals surface area contributed by atoms with Gasteiger partial charge in [0.15, 0.2) is 0 Å². The van der Waals surface area contributed by atoms with Crippen LogP contribution in [0.25, 0.3) is 0 Å². The highest BCUT2D eigenvalue weighted by molar-refractivity contribution is 5.19. The number of likely N-dealkylation sites (tertiary alicyclic amines) is 1. The zero-order valence-electron chi connectivity index (χ0n) is 11.5. The zero-order chi connectivity index (χ0) is 13.7. The Morgan fingerprint density at radius 2 is 2.16 bits per heavy atom. The van der Waals surface area contributed by atoms with E-state index in [1.807, 2.05) is 24.3 Å². The quantitative estimate of drug-likeness (QED) is 0.793. The van der Waals surface area contributed by atoms with Gasteiger partial charge in [0.05, 0.1) is 12.3 Å². The topological polar surface area (TPSA) is 49.5 Å². The van der Waals surface area contributed by atoms with Gasteiger partial charge in [0.25, 0.3) is 0 Å². The van der Waals surface area contributed by atoms with E-state index in [0.717, 1.165) is 25.8 Å². The second-order valence-electron chi connectivity index (χ2n) is 5.35. The summed E-state index contributed by atoms with van der Waals surface area (Å²) in [6.45, 7) is 5.68. The van der Waals surface area contributed by atoms with E-state index in [1.54, 1.807) is 0 Å². The highest BCUT2D eigenvalue weighted by atomic mass is 16.3. The van der Waals surface area contributed by atoms with Gasteiger partial charge in [0.2, 0.25) is 0 Å². The minimum Gasteiger partial charge on any atom is -0.395 e. The Hall–Kier alpha value is -1.16. The zero-order valence-corrected chi connectivity index (χ0v) is 11.5. The molecule has 1 fully saturated rings. The smallest absolute Gasteiger partial charge is 0.0793 e. The molecule has 1 heterocycles. The lowest BCUT2D eigenvalue weighted by Gasteiger charge is -2.49. The van der Waals surface area contributed by atoms with E-state index in [-0.39, 0.29) is 12.5 Å². The number of β-amino-alcohol motifs (C(OH)–C–C–N with tert-alkyl or cyclic N) is 1. The van der Waals surface area contributed by atoms with Crippen LogP contribution in [0.2, 0.25) is 0 Å². The molecule has 0 bridgehead atoms. The van der Waals surface area contributed by atoms with Crippen molar-refractivity contribution in [3.05, 3.63) is 48.6 Å². The predicted molar refractivity (Wildman–Crippen MR) is 78.6 cm³/mol. The molecule has 1 aromatic carbocycles. The maximum absolute atomic E-state index is 9.25. The molecular formula is C16H24N2O. The van der Waals surface area contributed by atoms with Gasteiger partial charge in [-0.25, -0.2) is 0 Å². The maximum Gasteiger partial charge on any atom is 0.0793 e. The lowest BCUT2D eigenvalue weighted by Crippen LogP contribution is -2.64. The number of rotatable bonds is 5. The van der Waals surface area contributed by atoms with Crippen molar-refractivity contribution in [1.29, 1.82) is 0 Å². The average Bonchev–Trinajstić information content (AvgIpc) is 2.42. The van der Waals surface area contributed by atoms with Crippen molar-refractivity contribution in [2.75, 3.05) is 19.7 Å². The molecule has 3 N–H and O–H groups in total. The van der Waals surface area contributed by atoms with Crippen molar-refractivity contribution in [2.45, 2.75) is 24.9 Å². The number of hydrogen-bond acceptors (Lipinski definition) is 3. The fourth-order valence-corrected chi connectivity index (χ4v) is 3.12. The molecule has 3 heteroatoms. The molecule has 2 unspecified atom stereocenters. The molecule has 19 heavy (non-hydrogen) atoms.